The maximum Gasteiger partial charge on any atom is 0.268 e. The van der Waals surface area contributed by atoms with Crippen LogP contribution in [0.1, 0.15) is 251 Å². The van der Waals surface area contributed by atoms with Gasteiger partial charge in [0.15, 0.2) is 0 Å². The van der Waals surface area contributed by atoms with Gasteiger partial charge in [-0.3, -0.25) is 9.36 Å². The van der Waals surface area contributed by atoms with Gasteiger partial charge in [0.1, 0.15) is 19.3 Å². The molecule has 0 spiro atoms. The molecule has 4 atom stereocenters. The molecular formula is C65H117N2O7P. The minimum atomic E-state index is -4.68. The molecule has 0 aromatic rings. The Morgan fingerprint density at radius 2 is 0.840 bits per heavy atom. The van der Waals surface area contributed by atoms with E-state index in [1.807, 2.05) is 21.1 Å². The molecule has 434 valence electrons. The van der Waals surface area contributed by atoms with Crippen LogP contribution in [0.5, 0.6) is 0 Å². The zero-order chi connectivity index (χ0) is 55.0. The third-order valence-corrected chi connectivity index (χ3v) is 14.4. The standard InChI is InChI=1S/C65H117N2O7P/c1-6-8-10-12-14-16-18-20-21-22-23-24-25-26-27-28-29-30-31-32-33-34-35-36-37-38-39-40-41-42-43-44-45-46-48-50-52-54-56-58-64(69)66-62(61-74-75(71,72)73-60-59-67(3,4)5)65(70)63(68)57-55-53-51-49-47-19-17-15-13-11-9-7-2/h8,10,14,16,20-21,23-24,26-27,29-30,32-33,35-36,62-63,65,68,70H,6-7,9,11-13,15,17-19,22,25,28,31,34,37-61H2,1-5H3,(H-,66,69,71,72)/b10-8-,16-14-,21-20-,24-23-,27-26-,30-29-,33-32-,36-35-. The highest BCUT2D eigenvalue weighted by Gasteiger charge is 2.29. The second-order valence-corrected chi connectivity index (χ2v) is 23.2. The summed E-state index contributed by atoms with van der Waals surface area (Å²) in [6.45, 7) is 4.32. The molecular weight excluding hydrogens is 952 g/mol. The van der Waals surface area contributed by atoms with Gasteiger partial charge >= 0.3 is 0 Å². The van der Waals surface area contributed by atoms with Crippen molar-refractivity contribution in [3.63, 3.8) is 0 Å². The van der Waals surface area contributed by atoms with E-state index >= 15 is 0 Å². The Kier molecular flexibility index (Phi) is 52.8. The predicted molar refractivity (Wildman–Crippen MR) is 322 cm³/mol. The maximum atomic E-state index is 13.0. The lowest BCUT2D eigenvalue weighted by Gasteiger charge is -2.31. The lowest BCUT2D eigenvalue weighted by atomic mass is 9.99. The molecule has 75 heavy (non-hydrogen) atoms. The summed E-state index contributed by atoms with van der Waals surface area (Å²) in [7, 11) is 1.12. The summed E-state index contributed by atoms with van der Waals surface area (Å²) in [6, 6.07) is -1.08. The lowest BCUT2D eigenvalue weighted by molar-refractivity contribution is -0.870. The van der Waals surface area contributed by atoms with Gasteiger partial charge in [-0.2, -0.15) is 0 Å². The first-order chi connectivity index (χ1) is 36.4. The van der Waals surface area contributed by atoms with Gasteiger partial charge in [0.05, 0.1) is 39.9 Å². The van der Waals surface area contributed by atoms with Crippen LogP contribution in [0.25, 0.3) is 0 Å². The Balaban J connectivity index is 4.07. The van der Waals surface area contributed by atoms with Crippen LogP contribution in [0.15, 0.2) is 97.2 Å². The van der Waals surface area contributed by atoms with Crippen molar-refractivity contribution in [2.45, 2.75) is 270 Å². The molecule has 4 unspecified atom stereocenters. The second kappa shape index (κ2) is 54.7. The fraction of sp³-hybridized carbons (Fsp3) is 0.738. The molecule has 0 bridgehead atoms. The SMILES string of the molecule is CC/C=C\C/C=C\C/C=C\C/C=C\C/C=C\C/C=C\C/C=C\C/C=C\CCCCCCCCCCCCCCCCC(=O)NC(COP(=O)([O-])OCC[N+](C)(C)C)C(O)C(O)CCCCCCCCCCCCCC. The number of rotatable bonds is 55. The number of amides is 1. The summed E-state index contributed by atoms with van der Waals surface area (Å²) in [4.78, 5) is 25.5. The zero-order valence-corrected chi connectivity index (χ0v) is 50.0. The van der Waals surface area contributed by atoms with Crippen LogP contribution in [0, 0.1) is 0 Å². The van der Waals surface area contributed by atoms with E-state index in [9.17, 15) is 24.5 Å². The van der Waals surface area contributed by atoms with Crippen LogP contribution in [-0.2, 0) is 18.4 Å². The number of carbonyl (C=O) groups excluding carboxylic acids is 1. The van der Waals surface area contributed by atoms with Gasteiger partial charge in [-0.25, -0.2) is 0 Å². The van der Waals surface area contributed by atoms with Crippen LogP contribution in [0.2, 0.25) is 0 Å². The Morgan fingerprint density at radius 3 is 1.23 bits per heavy atom. The van der Waals surface area contributed by atoms with Crippen LogP contribution >= 0.6 is 7.82 Å². The number of carbonyl (C=O) groups is 1. The highest BCUT2D eigenvalue weighted by atomic mass is 31.2. The molecule has 0 saturated carbocycles. The number of quaternary nitrogens is 1. The molecule has 0 heterocycles. The van der Waals surface area contributed by atoms with Crippen molar-refractivity contribution in [2.24, 2.45) is 0 Å². The van der Waals surface area contributed by atoms with Crippen molar-refractivity contribution in [1.82, 2.24) is 5.32 Å². The van der Waals surface area contributed by atoms with Crippen LogP contribution in [0.4, 0.5) is 0 Å². The first-order valence-electron chi connectivity index (χ1n) is 30.7. The molecule has 0 fully saturated rings. The molecule has 0 aromatic carbocycles. The van der Waals surface area contributed by atoms with Crippen LogP contribution in [0.3, 0.4) is 0 Å². The first kappa shape index (κ1) is 72.4. The van der Waals surface area contributed by atoms with Gasteiger partial charge < -0.3 is 34.0 Å². The number of aliphatic hydroxyl groups excluding tert-OH is 2. The van der Waals surface area contributed by atoms with E-state index in [0.29, 0.717) is 23.9 Å². The molecule has 0 radical (unpaired) electrons. The molecule has 0 saturated heterocycles. The second-order valence-electron chi connectivity index (χ2n) is 21.8. The molecule has 0 aliphatic rings. The number of allylic oxidation sites excluding steroid dienone is 16. The summed E-state index contributed by atoms with van der Waals surface area (Å²) in [5.41, 5.74) is 0. The Labute approximate surface area is 462 Å². The van der Waals surface area contributed by atoms with Crippen molar-refractivity contribution in [2.75, 3.05) is 40.9 Å². The highest BCUT2D eigenvalue weighted by molar-refractivity contribution is 7.45. The third-order valence-electron chi connectivity index (χ3n) is 13.4. The molecule has 10 heteroatoms. The molecule has 3 N–H and O–H groups in total. The van der Waals surface area contributed by atoms with E-state index in [2.05, 4.69) is 116 Å². The summed E-state index contributed by atoms with van der Waals surface area (Å²) >= 11 is 0. The number of likely N-dealkylation sites (N-methyl/N-ethyl adjacent to an activating group) is 1. The number of phosphoric acid groups is 1. The largest absolute Gasteiger partial charge is 0.756 e. The monoisotopic (exact) mass is 1070 g/mol. The van der Waals surface area contributed by atoms with E-state index < -0.39 is 32.7 Å². The number of hydrogen-bond acceptors (Lipinski definition) is 7. The van der Waals surface area contributed by atoms with Gasteiger partial charge in [-0.05, 0) is 77.0 Å². The zero-order valence-electron chi connectivity index (χ0n) is 49.1. The molecule has 0 aliphatic heterocycles. The van der Waals surface area contributed by atoms with Crippen LogP contribution < -0.4 is 10.2 Å². The molecule has 9 nitrogen and oxygen atoms in total. The average Bonchev–Trinajstić information content (AvgIpc) is 3.37. The minimum absolute atomic E-state index is 0.0434. The van der Waals surface area contributed by atoms with E-state index in [1.165, 1.54) is 128 Å². The third kappa shape index (κ3) is 55.9. The Morgan fingerprint density at radius 1 is 0.493 bits per heavy atom. The first-order valence-corrected chi connectivity index (χ1v) is 32.1. The summed E-state index contributed by atoms with van der Waals surface area (Å²) in [5, 5.41) is 24.8. The highest BCUT2D eigenvalue weighted by Crippen LogP contribution is 2.38. The fourth-order valence-corrected chi connectivity index (χ4v) is 9.35. The lowest BCUT2D eigenvalue weighted by Crippen LogP contribution is -2.51. The average molecular weight is 1070 g/mol. The molecule has 0 rings (SSSR count). The van der Waals surface area contributed by atoms with Crippen LogP contribution in [-0.4, -0.2) is 79.8 Å². The van der Waals surface area contributed by atoms with Crippen molar-refractivity contribution >= 4 is 13.7 Å². The van der Waals surface area contributed by atoms with Crippen molar-refractivity contribution in [3.8, 4) is 0 Å². The van der Waals surface area contributed by atoms with Gasteiger partial charge in [0.2, 0.25) is 5.91 Å². The van der Waals surface area contributed by atoms with E-state index in [0.717, 1.165) is 89.9 Å². The van der Waals surface area contributed by atoms with Gasteiger partial charge in [-0.15, -0.1) is 0 Å². The Bertz CT molecular complexity index is 1560. The number of nitrogens with one attached hydrogen (secondary N) is 1. The predicted octanol–water partition coefficient (Wildman–Crippen LogP) is 17.3. The van der Waals surface area contributed by atoms with E-state index in [-0.39, 0.29) is 18.9 Å². The van der Waals surface area contributed by atoms with E-state index in [1.54, 1.807) is 0 Å². The summed E-state index contributed by atoms with van der Waals surface area (Å²) < 4.78 is 23.3. The number of unbranched alkanes of at least 4 members (excludes halogenated alkanes) is 25. The Hall–Kier alpha value is -2.62. The number of phosphoric ester groups is 1. The molecule has 1 amide bonds. The van der Waals surface area contributed by atoms with E-state index in [4.69, 9.17) is 9.05 Å². The van der Waals surface area contributed by atoms with Gasteiger partial charge in [0.25, 0.3) is 7.82 Å². The fourth-order valence-electron chi connectivity index (χ4n) is 8.62. The summed E-state index contributed by atoms with van der Waals surface area (Å²) in [6.07, 6.45) is 74.8. The van der Waals surface area contributed by atoms with Crippen molar-refractivity contribution in [3.05, 3.63) is 97.2 Å². The topological polar surface area (TPSA) is 128 Å². The number of nitrogens with zero attached hydrogens (tertiary/aromatic N) is 1. The van der Waals surface area contributed by atoms with Crippen molar-refractivity contribution < 1.29 is 38.0 Å². The number of aliphatic hydroxyl groups is 2. The molecule has 0 aliphatic carbocycles. The van der Waals surface area contributed by atoms with Gasteiger partial charge in [0, 0.05) is 6.42 Å². The maximum absolute atomic E-state index is 13.0. The van der Waals surface area contributed by atoms with Gasteiger partial charge in [-0.1, -0.05) is 265 Å². The van der Waals surface area contributed by atoms with Crippen molar-refractivity contribution in [1.29, 1.82) is 0 Å². The number of hydrogen-bond donors (Lipinski definition) is 3. The normalized spacial score (nSPS) is 14.9. The smallest absolute Gasteiger partial charge is 0.268 e. The molecule has 0 aromatic heterocycles. The summed E-state index contributed by atoms with van der Waals surface area (Å²) in [5.74, 6) is -0.281. The minimum Gasteiger partial charge on any atom is -0.756 e. The quantitative estimate of drug-likeness (QED) is 0.0239.